The Balaban J connectivity index is 1.90. The summed E-state index contributed by atoms with van der Waals surface area (Å²) in [4.78, 5) is 5.23. The molecule has 19 heavy (non-hydrogen) atoms. The van der Waals surface area contributed by atoms with Crippen molar-refractivity contribution in [2.45, 2.75) is 45.4 Å². The van der Waals surface area contributed by atoms with E-state index in [2.05, 4.69) is 29.1 Å². The van der Waals surface area contributed by atoms with E-state index in [0.717, 1.165) is 6.54 Å². The van der Waals surface area contributed by atoms with Gasteiger partial charge in [-0.2, -0.15) is 0 Å². The van der Waals surface area contributed by atoms with Gasteiger partial charge < -0.3 is 15.1 Å². The molecule has 1 N–H and O–H groups in total. The van der Waals surface area contributed by atoms with Gasteiger partial charge in [0, 0.05) is 26.2 Å². The molecular weight excluding hydrogens is 234 g/mol. The van der Waals surface area contributed by atoms with E-state index in [0.29, 0.717) is 5.41 Å². The summed E-state index contributed by atoms with van der Waals surface area (Å²) in [6.45, 7) is 11.0. The zero-order valence-electron chi connectivity index (χ0n) is 13.1. The van der Waals surface area contributed by atoms with E-state index in [9.17, 15) is 0 Å². The van der Waals surface area contributed by atoms with E-state index >= 15 is 0 Å². The minimum atomic E-state index is 0.567. The highest BCUT2D eigenvalue weighted by molar-refractivity contribution is 4.88. The third kappa shape index (κ3) is 4.73. The summed E-state index contributed by atoms with van der Waals surface area (Å²) in [5, 5.41) is 3.64. The summed E-state index contributed by atoms with van der Waals surface area (Å²) in [5.41, 5.74) is 0.567. The average molecular weight is 267 g/mol. The van der Waals surface area contributed by atoms with Gasteiger partial charge in [-0.1, -0.05) is 26.2 Å². The first kappa shape index (κ1) is 15.3. The molecule has 0 aromatic heterocycles. The van der Waals surface area contributed by atoms with Crippen molar-refractivity contribution in [3.05, 3.63) is 0 Å². The second kappa shape index (κ2) is 7.61. The zero-order chi connectivity index (χ0) is 13.6. The van der Waals surface area contributed by atoms with Gasteiger partial charge in [-0.05, 0) is 51.4 Å². The molecule has 2 fully saturated rings. The van der Waals surface area contributed by atoms with E-state index in [4.69, 9.17) is 0 Å². The molecule has 2 rings (SSSR count). The molecule has 0 aromatic rings. The van der Waals surface area contributed by atoms with E-state index in [1.165, 1.54) is 77.8 Å². The highest BCUT2D eigenvalue weighted by Crippen LogP contribution is 2.36. The summed E-state index contributed by atoms with van der Waals surface area (Å²) in [6.07, 6.45) is 8.56. The number of nitrogens with zero attached hydrogens (tertiary/aromatic N) is 2. The summed E-state index contributed by atoms with van der Waals surface area (Å²) >= 11 is 0. The van der Waals surface area contributed by atoms with Gasteiger partial charge in [-0.3, -0.25) is 0 Å². The Labute approximate surface area is 119 Å². The van der Waals surface area contributed by atoms with Gasteiger partial charge in [0.2, 0.25) is 0 Å². The van der Waals surface area contributed by atoms with Crippen LogP contribution in [0.25, 0.3) is 0 Å². The zero-order valence-corrected chi connectivity index (χ0v) is 13.1. The molecule has 1 aliphatic carbocycles. The fraction of sp³-hybridized carbons (Fsp3) is 1.00. The maximum absolute atomic E-state index is 3.64. The second-order valence-corrected chi connectivity index (χ2v) is 6.77. The van der Waals surface area contributed by atoms with Gasteiger partial charge >= 0.3 is 0 Å². The van der Waals surface area contributed by atoms with Crippen LogP contribution in [0.2, 0.25) is 0 Å². The van der Waals surface area contributed by atoms with Crippen molar-refractivity contribution in [2.75, 3.05) is 52.9 Å². The van der Waals surface area contributed by atoms with Gasteiger partial charge in [0.05, 0.1) is 0 Å². The lowest BCUT2D eigenvalue weighted by atomic mass is 9.73. The smallest absolute Gasteiger partial charge is 0.0109 e. The van der Waals surface area contributed by atoms with Crippen molar-refractivity contribution in [3.63, 3.8) is 0 Å². The van der Waals surface area contributed by atoms with Crippen molar-refractivity contribution >= 4 is 0 Å². The van der Waals surface area contributed by atoms with Gasteiger partial charge in [0.1, 0.15) is 0 Å². The van der Waals surface area contributed by atoms with Gasteiger partial charge in [0.25, 0.3) is 0 Å². The Bertz CT molecular complexity index is 248. The normalized spacial score (nSPS) is 26.2. The van der Waals surface area contributed by atoms with Crippen LogP contribution < -0.4 is 5.32 Å². The largest absolute Gasteiger partial charge is 0.316 e. The summed E-state index contributed by atoms with van der Waals surface area (Å²) in [7, 11) is 2.26. The van der Waals surface area contributed by atoms with E-state index in [1.54, 1.807) is 0 Å². The lowest BCUT2D eigenvalue weighted by Gasteiger charge is -2.41. The summed E-state index contributed by atoms with van der Waals surface area (Å²) < 4.78 is 0. The first-order valence-electron chi connectivity index (χ1n) is 8.36. The predicted octanol–water partition coefficient (Wildman–Crippen LogP) is 2.18. The highest BCUT2D eigenvalue weighted by Gasteiger charge is 2.33. The van der Waals surface area contributed by atoms with Crippen molar-refractivity contribution in [1.82, 2.24) is 15.1 Å². The molecule has 112 valence electrons. The number of likely N-dealkylation sites (N-methyl/N-ethyl adjacent to an activating group) is 1. The van der Waals surface area contributed by atoms with E-state index in [1.807, 2.05) is 0 Å². The van der Waals surface area contributed by atoms with Gasteiger partial charge in [-0.15, -0.1) is 0 Å². The Kier molecular flexibility index (Phi) is 6.11. The van der Waals surface area contributed by atoms with Crippen LogP contribution in [0.1, 0.15) is 45.4 Å². The summed E-state index contributed by atoms with van der Waals surface area (Å²) in [5.74, 6) is 0. The van der Waals surface area contributed by atoms with Crippen LogP contribution in [0.15, 0.2) is 0 Å². The number of nitrogens with one attached hydrogen (secondary N) is 1. The Morgan fingerprint density at radius 1 is 0.947 bits per heavy atom. The first-order chi connectivity index (χ1) is 9.24. The molecule has 0 amide bonds. The van der Waals surface area contributed by atoms with Crippen molar-refractivity contribution < 1.29 is 0 Å². The fourth-order valence-electron chi connectivity index (χ4n) is 3.82. The van der Waals surface area contributed by atoms with E-state index < -0.39 is 0 Å². The molecule has 1 saturated carbocycles. The van der Waals surface area contributed by atoms with Crippen LogP contribution in [-0.4, -0.2) is 62.7 Å². The summed E-state index contributed by atoms with van der Waals surface area (Å²) in [6, 6.07) is 0. The lowest BCUT2D eigenvalue weighted by Crippen LogP contribution is -2.46. The topological polar surface area (TPSA) is 18.5 Å². The van der Waals surface area contributed by atoms with Crippen LogP contribution in [0, 0.1) is 5.41 Å². The molecule has 0 bridgehead atoms. The molecule has 0 unspecified atom stereocenters. The molecule has 0 aromatic carbocycles. The van der Waals surface area contributed by atoms with Crippen LogP contribution >= 0.6 is 0 Å². The second-order valence-electron chi connectivity index (χ2n) is 6.77. The van der Waals surface area contributed by atoms with Crippen LogP contribution in [-0.2, 0) is 0 Å². The van der Waals surface area contributed by atoms with Gasteiger partial charge in [-0.25, -0.2) is 0 Å². The Hall–Kier alpha value is -0.120. The number of rotatable bonds is 5. The maximum atomic E-state index is 3.64. The van der Waals surface area contributed by atoms with Crippen molar-refractivity contribution in [3.8, 4) is 0 Å². The average Bonchev–Trinajstić information content (AvgIpc) is 2.63. The Morgan fingerprint density at radius 3 is 2.47 bits per heavy atom. The third-order valence-corrected chi connectivity index (χ3v) is 5.04. The monoisotopic (exact) mass is 267 g/mol. The molecule has 1 heterocycles. The molecule has 1 aliphatic heterocycles. The maximum Gasteiger partial charge on any atom is 0.0109 e. The molecule has 0 atom stereocenters. The molecule has 3 nitrogen and oxygen atoms in total. The molecule has 2 aliphatic rings. The SMILES string of the molecule is CCNCC1(CN2CCCN(C)CC2)CCCCC1. The number of hydrogen-bond acceptors (Lipinski definition) is 3. The van der Waals surface area contributed by atoms with Gasteiger partial charge in [0.15, 0.2) is 0 Å². The minimum absolute atomic E-state index is 0.567. The third-order valence-electron chi connectivity index (χ3n) is 5.04. The number of hydrogen-bond donors (Lipinski definition) is 1. The van der Waals surface area contributed by atoms with Crippen LogP contribution in [0.4, 0.5) is 0 Å². The molecule has 3 heteroatoms. The van der Waals surface area contributed by atoms with Crippen molar-refractivity contribution in [2.24, 2.45) is 5.41 Å². The highest BCUT2D eigenvalue weighted by atomic mass is 15.2. The quantitative estimate of drug-likeness (QED) is 0.824. The fourth-order valence-corrected chi connectivity index (χ4v) is 3.82. The Morgan fingerprint density at radius 2 is 1.74 bits per heavy atom. The minimum Gasteiger partial charge on any atom is -0.316 e. The standard InChI is InChI=1S/C16H33N3/c1-3-17-14-16(8-5-4-6-9-16)15-19-11-7-10-18(2)12-13-19/h17H,3-15H2,1-2H3. The molecule has 0 spiro atoms. The first-order valence-corrected chi connectivity index (χ1v) is 8.36. The van der Waals surface area contributed by atoms with Crippen molar-refractivity contribution in [1.29, 1.82) is 0 Å². The lowest BCUT2D eigenvalue weighted by molar-refractivity contribution is 0.105. The van der Waals surface area contributed by atoms with Crippen LogP contribution in [0.5, 0.6) is 0 Å². The molecule has 1 saturated heterocycles. The molecule has 0 radical (unpaired) electrons. The predicted molar refractivity (Wildman–Crippen MR) is 82.6 cm³/mol. The molecular formula is C16H33N3. The van der Waals surface area contributed by atoms with Crippen LogP contribution in [0.3, 0.4) is 0 Å². The van der Waals surface area contributed by atoms with E-state index in [-0.39, 0.29) is 0 Å².